The van der Waals surface area contributed by atoms with E-state index in [1.807, 2.05) is 36.6 Å². The van der Waals surface area contributed by atoms with Gasteiger partial charge < -0.3 is 19.0 Å². The van der Waals surface area contributed by atoms with Crippen LogP contribution in [0.1, 0.15) is 61.3 Å². The fourth-order valence-electron chi connectivity index (χ4n) is 5.59. The van der Waals surface area contributed by atoms with Crippen LogP contribution in [0.25, 0.3) is 11.4 Å². The molecule has 5 aromatic rings. The van der Waals surface area contributed by atoms with Gasteiger partial charge in [-0.3, -0.25) is 14.5 Å². The normalized spacial score (nSPS) is 15.9. The van der Waals surface area contributed by atoms with Gasteiger partial charge in [0, 0.05) is 11.9 Å². The van der Waals surface area contributed by atoms with Crippen LogP contribution in [0.5, 0.6) is 11.5 Å². The van der Waals surface area contributed by atoms with Crippen molar-refractivity contribution in [1.29, 1.82) is 0 Å². The number of hydrogen-bond donors (Lipinski definition) is 1. The molecule has 1 aliphatic rings. The number of fused-ring (bicyclic) bond motifs is 1. The van der Waals surface area contributed by atoms with Crippen molar-refractivity contribution < 1.29 is 28.6 Å². The SMILES string of the molecule is CCOc1cc(C2/C(=C(\O)c3nc4c(C)cccn4c3C)C(=O)C(=O)N2c2nnc(SCc3ccc(F)cc3)s2)ccc1OCCC(C)C. The minimum Gasteiger partial charge on any atom is -0.505 e. The molecule has 3 aromatic heterocycles. The van der Waals surface area contributed by atoms with Crippen LogP contribution < -0.4 is 14.4 Å². The maximum Gasteiger partial charge on any atom is 0.301 e. The number of benzene rings is 2. The number of ketones is 1. The molecule has 6 rings (SSSR count). The highest BCUT2D eigenvalue weighted by Crippen LogP contribution is 2.46. The summed E-state index contributed by atoms with van der Waals surface area (Å²) in [5.74, 6) is -0.512. The van der Waals surface area contributed by atoms with Crippen molar-refractivity contribution >= 4 is 51.3 Å². The third kappa shape index (κ3) is 6.90. The summed E-state index contributed by atoms with van der Waals surface area (Å²) in [4.78, 5) is 33.8. The van der Waals surface area contributed by atoms with Gasteiger partial charge in [-0.15, -0.1) is 10.2 Å². The van der Waals surface area contributed by atoms with E-state index in [2.05, 4.69) is 29.0 Å². The molecule has 13 heteroatoms. The Morgan fingerprint density at radius 1 is 1.06 bits per heavy atom. The van der Waals surface area contributed by atoms with E-state index in [1.165, 1.54) is 28.8 Å². The van der Waals surface area contributed by atoms with Crippen molar-refractivity contribution in [3.8, 4) is 11.5 Å². The lowest BCUT2D eigenvalue weighted by Crippen LogP contribution is -2.29. The smallest absolute Gasteiger partial charge is 0.301 e. The molecule has 0 spiro atoms. The molecule has 0 saturated carbocycles. The standard InChI is InChI=1S/C36H36FN5O5S2/c1-6-46-27-18-24(11-14-26(27)47-17-15-20(2)3)30-28(31(43)29-22(5)41-16-7-8-21(4)33(41)38-29)32(44)34(45)42(30)35-39-40-36(49-35)48-19-23-9-12-25(37)13-10-23/h7-14,16,18,20,30,43H,6,15,17,19H2,1-5H3/b31-28+. The highest BCUT2D eigenvalue weighted by atomic mass is 32.2. The molecule has 1 fully saturated rings. The molecule has 4 heterocycles. The van der Waals surface area contributed by atoms with Crippen molar-refractivity contribution in [2.45, 2.75) is 57.2 Å². The lowest BCUT2D eigenvalue weighted by atomic mass is 9.96. The first-order chi connectivity index (χ1) is 23.6. The topological polar surface area (TPSA) is 119 Å². The van der Waals surface area contributed by atoms with E-state index in [1.54, 1.807) is 37.3 Å². The molecule has 49 heavy (non-hydrogen) atoms. The number of amides is 1. The quantitative estimate of drug-likeness (QED) is 0.0459. The number of aryl methyl sites for hydroxylation is 2. The zero-order valence-electron chi connectivity index (χ0n) is 27.8. The predicted molar refractivity (Wildman–Crippen MR) is 188 cm³/mol. The summed E-state index contributed by atoms with van der Waals surface area (Å²) in [5, 5.41) is 20.7. The third-order valence-electron chi connectivity index (χ3n) is 8.17. The van der Waals surface area contributed by atoms with Crippen LogP contribution >= 0.6 is 23.1 Å². The lowest BCUT2D eigenvalue weighted by molar-refractivity contribution is -0.132. The lowest BCUT2D eigenvalue weighted by Gasteiger charge is -2.23. The number of imidazole rings is 1. The number of anilines is 1. The van der Waals surface area contributed by atoms with Gasteiger partial charge in [-0.2, -0.15) is 0 Å². The molecule has 10 nitrogen and oxygen atoms in total. The second kappa shape index (κ2) is 14.4. The van der Waals surface area contributed by atoms with Gasteiger partial charge >= 0.3 is 5.91 Å². The fraction of sp³-hybridized carbons (Fsp3) is 0.306. The Kier molecular flexibility index (Phi) is 10.0. The fourth-order valence-corrected chi connectivity index (χ4v) is 7.41. The number of aliphatic hydroxyl groups excluding tert-OH is 1. The molecule has 1 unspecified atom stereocenters. The predicted octanol–water partition coefficient (Wildman–Crippen LogP) is 7.68. The minimum atomic E-state index is -1.07. The molecule has 1 saturated heterocycles. The number of carbonyl (C=O) groups excluding carboxylic acids is 2. The maximum atomic E-state index is 13.9. The first kappa shape index (κ1) is 34.1. The van der Waals surface area contributed by atoms with E-state index in [-0.39, 0.29) is 22.2 Å². The zero-order chi connectivity index (χ0) is 34.8. The van der Waals surface area contributed by atoms with Gasteiger partial charge in [0.25, 0.3) is 5.78 Å². The Bertz CT molecular complexity index is 2060. The molecule has 2 aromatic carbocycles. The molecule has 1 N–H and O–H groups in total. The molecule has 0 bridgehead atoms. The molecule has 1 atom stereocenters. The molecular formula is C36H36FN5O5S2. The summed E-state index contributed by atoms with van der Waals surface area (Å²) in [5.41, 5.74) is 3.59. The van der Waals surface area contributed by atoms with E-state index in [0.29, 0.717) is 57.6 Å². The summed E-state index contributed by atoms with van der Waals surface area (Å²) in [6, 6.07) is 14.1. The first-order valence-electron chi connectivity index (χ1n) is 15.9. The van der Waals surface area contributed by atoms with Gasteiger partial charge in [-0.1, -0.05) is 61.2 Å². The van der Waals surface area contributed by atoms with Gasteiger partial charge in [-0.25, -0.2) is 9.37 Å². The van der Waals surface area contributed by atoms with Crippen molar-refractivity contribution in [2.24, 2.45) is 5.92 Å². The van der Waals surface area contributed by atoms with Crippen LogP contribution in [0.4, 0.5) is 9.52 Å². The number of Topliss-reactive ketones (excluding diaryl/α,β-unsaturated/α-hetero) is 1. The Labute approximate surface area is 291 Å². The summed E-state index contributed by atoms with van der Waals surface area (Å²) >= 11 is 2.52. The number of ether oxygens (including phenoxy) is 2. The van der Waals surface area contributed by atoms with E-state index >= 15 is 0 Å². The Balaban J connectivity index is 1.44. The van der Waals surface area contributed by atoms with Gasteiger partial charge in [0.15, 0.2) is 21.6 Å². The Morgan fingerprint density at radius 3 is 2.55 bits per heavy atom. The van der Waals surface area contributed by atoms with E-state index in [0.717, 1.165) is 28.9 Å². The first-order valence-corrected chi connectivity index (χ1v) is 17.7. The van der Waals surface area contributed by atoms with Crippen LogP contribution in [0.3, 0.4) is 0 Å². The summed E-state index contributed by atoms with van der Waals surface area (Å²) in [6.07, 6.45) is 2.68. The van der Waals surface area contributed by atoms with Crippen molar-refractivity contribution in [1.82, 2.24) is 19.6 Å². The Hall–Kier alpha value is -4.75. The van der Waals surface area contributed by atoms with Gasteiger partial charge in [0.2, 0.25) is 5.13 Å². The third-order valence-corrected chi connectivity index (χ3v) is 10.3. The number of halogens is 1. The van der Waals surface area contributed by atoms with E-state index < -0.39 is 23.5 Å². The number of aliphatic hydroxyl groups is 1. The van der Waals surface area contributed by atoms with Crippen molar-refractivity contribution in [3.63, 3.8) is 0 Å². The molecule has 1 aliphatic heterocycles. The monoisotopic (exact) mass is 701 g/mol. The van der Waals surface area contributed by atoms with Gasteiger partial charge in [0.05, 0.1) is 30.5 Å². The highest BCUT2D eigenvalue weighted by Gasteiger charge is 2.49. The molecule has 254 valence electrons. The van der Waals surface area contributed by atoms with E-state index in [4.69, 9.17) is 9.47 Å². The number of thioether (sulfide) groups is 1. The van der Waals surface area contributed by atoms with Crippen LogP contribution in [0.15, 0.2) is 70.7 Å². The number of nitrogens with zero attached hydrogens (tertiary/aromatic N) is 5. The average Bonchev–Trinajstić information content (AvgIpc) is 3.76. The van der Waals surface area contributed by atoms with Crippen LogP contribution in [0.2, 0.25) is 0 Å². The van der Waals surface area contributed by atoms with Gasteiger partial charge in [0.1, 0.15) is 17.2 Å². The van der Waals surface area contributed by atoms with E-state index in [9.17, 15) is 19.1 Å². The number of carbonyl (C=O) groups is 2. The molecule has 1 amide bonds. The molecular weight excluding hydrogens is 666 g/mol. The average molecular weight is 702 g/mol. The largest absolute Gasteiger partial charge is 0.505 e. The Morgan fingerprint density at radius 2 is 1.84 bits per heavy atom. The van der Waals surface area contributed by atoms with Crippen LogP contribution in [-0.4, -0.2) is 49.6 Å². The second-order valence-corrected chi connectivity index (χ2v) is 14.2. The second-order valence-electron chi connectivity index (χ2n) is 12.0. The maximum absolute atomic E-state index is 13.9. The summed E-state index contributed by atoms with van der Waals surface area (Å²) < 4.78 is 27.8. The molecule has 0 radical (unpaired) electrons. The highest BCUT2D eigenvalue weighted by molar-refractivity contribution is 8.00. The van der Waals surface area contributed by atoms with Gasteiger partial charge in [-0.05, 0) is 80.1 Å². The molecule has 0 aliphatic carbocycles. The van der Waals surface area contributed by atoms with Crippen LogP contribution in [0, 0.1) is 25.6 Å². The number of rotatable bonds is 12. The number of hydrogen-bond acceptors (Lipinski definition) is 10. The zero-order valence-corrected chi connectivity index (χ0v) is 29.4. The number of aromatic nitrogens is 4. The van der Waals surface area contributed by atoms with Crippen molar-refractivity contribution in [3.05, 3.63) is 100 Å². The number of pyridine rings is 1. The van der Waals surface area contributed by atoms with Crippen LogP contribution in [-0.2, 0) is 15.3 Å². The van der Waals surface area contributed by atoms with Crippen molar-refractivity contribution in [2.75, 3.05) is 18.1 Å². The summed E-state index contributed by atoms with van der Waals surface area (Å²) in [7, 11) is 0. The summed E-state index contributed by atoms with van der Waals surface area (Å²) in [6.45, 7) is 10.6. The minimum absolute atomic E-state index is 0.124.